The van der Waals surface area contributed by atoms with Crippen molar-refractivity contribution in [3.8, 4) is 0 Å². The van der Waals surface area contributed by atoms with Crippen LogP contribution in [0.1, 0.15) is 33.1 Å². The van der Waals surface area contributed by atoms with Crippen LogP contribution in [0, 0.1) is 23.2 Å². The molecule has 2 bridgehead atoms. The summed E-state index contributed by atoms with van der Waals surface area (Å²) in [7, 11) is 0. The largest absolute Gasteiger partial charge is 0.478 e. The van der Waals surface area contributed by atoms with Gasteiger partial charge in [-0.1, -0.05) is 19.9 Å². The van der Waals surface area contributed by atoms with E-state index in [1.807, 2.05) is 6.08 Å². The summed E-state index contributed by atoms with van der Waals surface area (Å²) in [4.78, 5) is 10.5. The first-order chi connectivity index (χ1) is 6.51. The molecule has 2 fully saturated rings. The highest BCUT2D eigenvalue weighted by Crippen LogP contribution is 2.59. The van der Waals surface area contributed by atoms with E-state index in [9.17, 15) is 4.79 Å². The van der Waals surface area contributed by atoms with Gasteiger partial charge < -0.3 is 5.11 Å². The fourth-order valence-corrected chi connectivity index (χ4v) is 3.49. The van der Waals surface area contributed by atoms with Gasteiger partial charge in [0, 0.05) is 6.08 Å². The van der Waals surface area contributed by atoms with Gasteiger partial charge in [-0.15, -0.1) is 0 Å². The molecule has 2 heteroatoms. The molecule has 2 nitrogen and oxygen atoms in total. The molecule has 2 rings (SSSR count). The Kier molecular flexibility index (Phi) is 2.17. The first kappa shape index (κ1) is 9.75. The molecular weight excluding hydrogens is 176 g/mol. The normalized spacial score (nSPS) is 39.4. The number of hydrogen-bond donors (Lipinski definition) is 1. The molecule has 3 atom stereocenters. The van der Waals surface area contributed by atoms with Gasteiger partial charge in [0.15, 0.2) is 0 Å². The van der Waals surface area contributed by atoms with Crippen molar-refractivity contribution >= 4 is 5.97 Å². The van der Waals surface area contributed by atoms with E-state index < -0.39 is 5.97 Å². The van der Waals surface area contributed by atoms with Gasteiger partial charge in [-0.25, -0.2) is 4.79 Å². The van der Waals surface area contributed by atoms with Crippen molar-refractivity contribution in [2.75, 3.05) is 0 Å². The molecule has 0 heterocycles. The predicted molar refractivity (Wildman–Crippen MR) is 54.9 cm³/mol. The van der Waals surface area contributed by atoms with Crippen LogP contribution in [0.3, 0.4) is 0 Å². The lowest BCUT2D eigenvalue weighted by Gasteiger charge is -2.36. The Morgan fingerprint density at radius 2 is 2.14 bits per heavy atom. The quantitative estimate of drug-likeness (QED) is 0.686. The summed E-state index contributed by atoms with van der Waals surface area (Å²) in [6.07, 6.45) is 7.19. The van der Waals surface area contributed by atoms with Gasteiger partial charge >= 0.3 is 5.97 Å². The van der Waals surface area contributed by atoms with Crippen LogP contribution in [0.2, 0.25) is 0 Å². The Balaban J connectivity index is 2.15. The Morgan fingerprint density at radius 1 is 1.43 bits per heavy atom. The van der Waals surface area contributed by atoms with E-state index in [1.165, 1.54) is 25.3 Å². The number of carboxylic acids is 1. The minimum Gasteiger partial charge on any atom is -0.478 e. The molecule has 2 saturated carbocycles. The standard InChI is InChI=1S/C12H18O2/c1-12(2)9-4-3-8(7-9)10(12)5-6-11(13)14/h5-6,8-10H,3-4,7H2,1-2H3,(H,13,14)/t8-,9+,10+/m1/s1. The van der Waals surface area contributed by atoms with Gasteiger partial charge in [-0.2, -0.15) is 0 Å². The van der Waals surface area contributed by atoms with Crippen molar-refractivity contribution in [3.63, 3.8) is 0 Å². The summed E-state index contributed by atoms with van der Waals surface area (Å²) < 4.78 is 0. The molecule has 0 aromatic carbocycles. The molecule has 2 aliphatic carbocycles. The van der Waals surface area contributed by atoms with Crippen molar-refractivity contribution in [3.05, 3.63) is 12.2 Å². The lowest BCUT2D eigenvalue weighted by atomic mass is 9.68. The molecule has 0 aromatic rings. The number of aliphatic carboxylic acids is 1. The fourth-order valence-electron chi connectivity index (χ4n) is 3.49. The second-order valence-corrected chi connectivity index (χ2v) is 5.31. The third-order valence-corrected chi connectivity index (χ3v) is 4.34. The van der Waals surface area contributed by atoms with Crippen LogP contribution < -0.4 is 0 Å². The number of carbonyl (C=O) groups is 1. The minimum absolute atomic E-state index is 0.314. The third kappa shape index (κ3) is 1.37. The maximum Gasteiger partial charge on any atom is 0.327 e. The first-order valence-corrected chi connectivity index (χ1v) is 5.43. The van der Waals surface area contributed by atoms with Crippen LogP contribution in [0.25, 0.3) is 0 Å². The minimum atomic E-state index is -0.816. The van der Waals surface area contributed by atoms with E-state index in [4.69, 9.17) is 5.11 Å². The molecule has 0 aromatic heterocycles. The van der Waals surface area contributed by atoms with Gasteiger partial charge in [0.1, 0.15) is 0 Å². The van der Waals surface area contributed by atoms with Gasteiger partial charge in [-0.3, -0.25) is 0 Å². The Bertz CT molecular complexity index is 278. The number of allylic oxidation sites excluding steroid dienone is 1. The number of fused-ring (bicyclic) bond motifs is 2. The zero-order valence-corrected chi connectivity index (χ0v) is 8.86. The molecule has 78 valence electrons. The van der Waals surface area contributed by atoms with Gasteiger partial charge in [0.25, 0.3) is 0 Å². The molecular formula is C12H18O2. The number of rotatable bonds is 2. The zero-order chi connectivity index (χ0) is 10.3. The highest BCUT2D eigenvalue weighted by atomic mass is 16.4. The van der Waals surface area contributed by atoms with Crippen molar-refractivity contribution in [2.45, 2.75) is 33.1 Å². The van der Waals surface area contributed by atoms with Gasteiger partial charge in [0.2, 0.25) is 0 Å². The van der Waals surface area contributed by atoms with E-state index in [-0.39, 0.29) is 0 Å². The molecule has 0 amide bonds. The molecule has 14 heavy (non-hydrogen) atoms. The third-order valence-electron chi connectivity index (χ3n) is 4.34. The lowest BCUT2D eigenvalue weighted by molar-refractivity contribution is -0.131. The summed E-state index contributed by atoms with van der Waals surface area (Å²) in [6, 6.07) is 0. The average Bonchev–Trinajstić information content (AvgIpc) is 2.59. The second kappa shape index (κ2) is 3.11. The number of carboxylic acid groups (broad SMARTS) is 1. The van der Waals surface area contributed by atoms with Crippen molar-refractivity contribution in [1.82, 2.24) is 0 Å². The van der Waals surface area contributed by atoms with Crippen LogP contribution >= 0.6 is 0 Å². The molecule has 0 unspecified atom stereocenters. The van der Waals surface area contributed by atoms with Crippen molar-refractivity contribution in [2.24, 2.45) is 23.2 Å². The van der Waals surface area contributed by atoms with Crippen molar-refractivity contribution in [1.29, 1.82) is 0 Å². The highest BCUT2D eigenvalue weighted by Gasteiger charge is 2.51. The molecule has 0 saturated heterocycles. The van der Waals surface area contributed by atoms with Gasteiger partial charge in [-0.05, 0) is 42.4 Å². The molecule has 0 spiro atoms. The van der Waals surface area contributed by atoms with Crippen LogP contribution in [0.5, 0.6) is 0 Å². The smallest absolute Gasteiger partial charge is 0.327 e. The van der Waals surface area contributed by atoms with Gasteiger partial charge in [0.05, 0.1) is 0 Å². The average molecular weight is 194 g/mol. The maximum absolute atomic E-state index is 10.5. The SMILES string of the molecule is CC1(C)[C@H]2CC[C@H](C2)[C@@H]1C=CC(=O)O. The number of hydrogen-bond acceptors (Lipinski definition) is 1. The summed E-state index contributed by atoms with van der Waals surface area (Å²) in [5.74, 6) is 1.22. The summed E-state index contributed by atoms with van der Waals surface area (Å²) in [5, 5.41) is 8.63. The summed E-state index contributed by atoms with van der Waals surface area (Å²) >= 11 is 0. The molecule has 1 N–H and O–H groups in total. The van der Waals surface area contributed by atoms with Crippen LogP contribution in [-0.4, -0.2) is 11.1 Å². The topological polar surface area (TPSA) is 37.3 Å². The van der Waals surface area contributed by atoms with Crippen LogP contribution in [-0.2, 0) is 4.79 Å². The first-order valence-electron chi connectivity index (χ1n) is 5.43. The maximum atomic E-state index is 10.5. The van der Waals surface area contributed by atoms with E-state index in [0.29, 0.717) is 11.3 Å². The lowest BCUT2D eigenvalue weighted by Crippen LogP contribution is -2.29. The van der Waals surface area contributed by atoms with E-state index in [1.54, 1.807) is 0 Å². The monoisotopic (exact) mass is 194 g/mol. The molecule has 0 radical (unpaired) electrons. The Hall–Kier alpha value is -0.790. The Labute approximate surface area is 85.0 Å². The van der Waals surface area contributed by atoms with Crippen LogP contribution in [0.15, 0.2) is 12.2 Å². The molecule has 0 aliphatic heterocycles. The second-order valence-electron chi connectivity index (χ2n) is 5.31. The summed E-state index contributed by atoms with van der Waals surface area (Å²) in [5.41, 5.74) is 0.314. The predicted octanol–water partition coefficient (Wildman–Crippen LogP) is 2.70. The molecule has 2 aliphatic rings. The van der Waals surface area contributed by atoms with E-state index in [2.05, 4.69) is 13.8 Å². The van der Waals surface area contributed by atoms with E-state index in [0.717, 1.165) is 11.8 Å². The zero-order valence-electron chi connectivity index (χ0n) is 8.86. The van der Waals surface area contributed by atoms with Crippen LogP contribution in [0.4, 0.5) is 0 Å². The fraction of sp³-hybridized carbons (Fsp3) is 0.750. The van der Waals surface area contributed by atoms with E-state index >= 15 is 0 Å². The summed E-state index contributed by atoms with van der Waals surface area (Å²) in [6.45, 7) is 4.57. The highest BCUT2D eigenvalue weighted by molar-refractivity contribution is 5.79. The van der Waals surface area contributed by atoms with Crippen molar-refractivity contribution < 1.29 is 9.90 Å². The Morgan fingerprint density at radius 3 is 2.64 bits per heavy atom.